The zero-order chi connectivity index (χ0) is 24.5. The minimum Gasteiger partial charge on any atom is -0.487 e. The molecule has 0 aliphatic carbocycles. The highest BCUT2D eigenvalue weighted by molar-refractivity contribution is 6.30. The molecule has 0 atom stereocenters. The molecule has 1 heterocycles. The molecule has 0 unspecified atom stereocenters. The fourth-order valence-corrected chi connectivity index (χ4v) is 3.45. The number of ether oxygens (including phenoxy) is 5. The topological polar surface area (TPSA) is 84.0 Å². The van der Waals surface area contributed by atoms with Crippen molar-refractivity contribution in [2.24, 2.45) is 0 Å². The van der Waals surface area contributed by atoms with E-state index in [1.165, 1.54) is 6.33 Å². The van der Waals surface area contributed by atoms with E-state index in [2.05, 4.69) is 15.3 Å². The molecule has 4 aromatic rings. The first-order chi connectivity index (χ1) is 17.2. The van der Waals surface area contributed by atoms with Gasteiger partial charge in [-0.15, -0.1) is 0 Å². The summed E-state index contributed by atoms with van der Waals surface area (Å²) < 4.78 is 27.8. The number of methoxy groups -OCH3 is 2. The maximum atomic E-state index is 6.03. The Kier molecular flexibility index (Phi) is 8.56. The Balaban J connectivity index is 1.55. The molecule has 4 rings (SSSR count). The number of fused-ring (bicyclic) bond motifs is 1. The molecule has 0 bridgehead atoms. The van der Waals surface area contributed by atoms with E-state index in [0.29, 0.717) is 60.3 Å². The molecule has 0 spiro atoms. The number of nitrogens with one attached hydrogen (secondary N) is 1. The standard InChI is InChI=1S/C26H26ClN3O5/c1-31-10-12-33-24-15-22-23(16-25(24)34-13-11-32-2)28-17-29-26(22)30-19-6-8-20(9-7-19)35-21-5-3-4-18(27)14-21/h3-9,14-17H,10-13H2,1-2H3,(H,28,29,30). The summed E-state index contributed by atoms with van der Waals surface area (Å²) in [7, 11) is 3.25. The van der Waals surface area contributed by atoms with Crippen LogP contribution < -0.4 is 19.5 Å². The maximum Gasteiger partial charge on any atom is 0.163 e. The molecule has 9 heteroatoms. The van der Waals surface area contributed by atoms with Gasteiger partial charge < -0.3 is 29.0 Å². The third-order valence-corrected chi connectivity index (χ3v) is 5.17. The number of halogens is 1. The van der Waals surface area contributed by atoms with Gasteiger partial charge in [-0.2, -0.15) is 0 Å². The summed E-state index contributed by atoms with van der Waals surface area (Å²) in [5.41, 5.74) is 1.56. The Morgan fingerprint density at radius 2 is 1.49 bits per heavy atom. The van der Waals surface area contributed by atoms with Crippen molar-refractivity contribution in [1.29, 1.82) is 0 Å². The highest BCUT2D eigenvalue weighted by atomic mass is 35.5. The fourth-order valence-electron chi connectivity index (χ4n) is 3.27. The predicted octanol–water partition coefficient (Wildman–Crippen LogP) is 5.87. The largest absolute Gasteiger partial charge is 0.487 e. The van der Waals surface area contributed by atoms with Crippen LogP contribution in [0.5, 0.6) is 23.0 Å². The number of nitrogens with zero attached hydrogens (tertiary/aromatic N) is 2. The van der Waals surface area contributed by atoms with Crippen molar-refractivity contribution >= 4 is 34.0 Å². The number of aromatic nitrogens is 2. The van der Waals surface area contributed by atoms with Gasteiger partial charge >= 0.3 is 0 Å². The Labute approximate surface area is 208 Å². The molecule has 3 aromatic carbocycles. The lowest BCUT2D eigenvalue weighted by Crippen LogP contribution is -2.09. The van der Waals surface area contributed by atoms with Gasteiger partial charge in [-0.05, 0) is 48.5 Å². The van der Waals surface area contributed by atoms with Crippen molar-refractivity contribution in [2.75, 3.05) is 46.0 Å². The van der Waals surface area contributed by atoms with Crippen LogP contribution >= 0.6 is 11.6 Å². The molecule has 182 valence electrons. The van der Waals surface area contributed by atoms with Crippen molar-refractivity contribution in [3.05, 3.63) is 72.0 Å². The van der Waals surface area contributed by atoms with E-state index in [1.54, 1.807) is 26.4 Å². The number of hydrogen-bond donors (Lipinski definition) is 1. The Morgan fingerprint density at radius 3 is 2.17 bits per heavy atom. The first kappa shape index (κ1) is 24.5. The van der Waals surface area contributed by atoms with Gasteiger partial charge in [0.2, 0.25) is 0 Å². The molecule has 0 amide bonds. The van der Waals surface area contributed by atoms with Crippen LogP contribution in [0.3, 0.4) is 0 Å². The molecule has 35 heavy (non-hydrogen) atoms. The quantitative estimate of drug-likeness (QED) is 0.244. The molecule has 0 aliphatic rings. The van der Waals surface area contributed by atoms with Gasteiger partial charge in [0, 0.05) is 36.4 Å². The van der Waals surface area contributed by atoms with Gasteiger partial charge in [0.1, 0.15) is 36.9 Å². The van der Waals surface area contributed by atoms with Gasteiger partial charge in [0.15, 0.2) is 11.5 Å². The lowest BCUT2D eigenvalue weighted by atomic mass is 10.2. The van der Waals surface area contributed by atoms with Crippen LogP contribution in [0.2, 0.25) is 5.02 Å². The Bertz CT molecular complexity index is 1250. The smallest absolute Gasteiger partial charge is 0.163 e. The zero-order valence-corrected chi connectivity index (χ0v) is 20.2. The second-order valence-electron chi connectivity index (χ2n) is 7.43. The minimum atomic E-state index is 0.382. The lowest BCUT2D eigenvalue weighted by Gasteiger charge is -2.15. The van der Waals surface area contributed by atoms with Gasteiger partial charge in [0.05, 0.1) is 18.7 Å². The average molecular weight is 496 g/mol. The van der Waals surface area contributed by atoms with E-state index in [9.17, 15) is 0 Å². The maximum absolute atomic E-state index is 6.03. The second kappa shape index (κ2) is 12.2. The van der Waals surface area contributed by atoms with Crippen LogP contribution in [-0.4, -0.2) is 50.6 Å². The first-order valence-corrected chi connectivity index (χ1v) is 11.4. The van der Waals surface area contributed by atoms with Crippen molar-refractivity contribution in [3.63, 3.8) is 0 Å². The van der Waals surface area contributed by atoms with E-state index in [4.69, 9.17) is 35.3 Å². The van der Waals surface area contributed by atoms with Gasteiger partial charge in [0.25, 0.3) is 0 Å². The summed E-state index contributed by atoms with van der Waals surface area (Å²) in [6.07, 6.45) is 1.51. The fraction of sp³-hybridized carbons (Fsp3) is 0.231. The second-order valence-corrected chi connectivity index (χ2v) is 7.87. The third kappa shape index (κ3) is 6.73. The van der Waals surface area contributed by atoms with Crippen molar-refractivity contribution in [2.45, 2.75) is 0 Å². The number of anilines is 2. The lowest BCUT2D eigenvalue weighted by molar-refractivity contribution is 0.132. The van der Waals surface area contributed by atoms with Crippen LogP contribution in [0.25, 0.3) is 10.9 Å². The van der Waals surface area contributed by atoms with Crippen LogP contribution in [0, 0.1) is 0 Å². The summed E-state index contributed by atoms with van der Waals surface area (Å²) in [5, 5.41) is 4.75. The van der Waals surface area contributed by atoms with Crippen LogP contribution in [0.15, 0.2) is 67.0 Å². The molecule has 0 aliphatic heterocycles. The van der Waals surface area contributed by atoms with E-state index in [0.717, 1.165) is 16.6 Å². The van der Waals surface area contributed by atoms with Gasteiger partial charge in [-0.25, -0.2) is 9.97 Å². The molecule has 0 saturated carbocycles. The number of hydrogen-bond acceptors (Lipinski definition) is 8. The molecule has 0 fully saturated rings. The van der Waals surface area contributed by atoms with Crippen molar-refractivity contribution in [1.82, 2.24) is 9.97 Å². The predicted molar refractivity (Wildman–Crippen MR) is 136 cm³/mol. The summed E-state index contributed by atoms with van der Waals surface area (Å²) >= 11 is 6.03. The molecular formula is C26H26ClN3O5. The van der Waals surface area contributed by atoms with E-state index in [1.807, 2.05) is 48.5 Å². The number of rotatable bonds is 12. The summed E-state index contributed by atoms with van der Waals surface area (Å²) in [4.78, 5) is 8.84. The summed E-state index contributed by atoms with van der Waals surface area (Å²) in [5.74, 6) is 3.16. The van der Waals surface area contributed by atoms with Gasteiger partial charge in [-0.1, -0.05) is 17.7 Å². The molecular weight excluding hydrogens is 470 g/mol. The summed E-state index contributed by atoms with van der Waals surface area (Å²) in [6.45, 7) is 1.69. The Hall–Kier alpha value is -3.59. The molecule has 1 N–H and O–H groups in total. The first-order valence-electron chi connectivity index (χ1n) is 11.0. The summed E-state index contributed by atoms with van der Waals surface area (Å²) in [6, 6.07) is 18.5. The van der Waals surface area contributed by atoms with Crippen LogP contribution in [0.1, 0.15) is 0 Å². The molecule has 0 radical (unpaired) electrons. The highest BCUT2D eigenvalue weighted by Gasteiger charge is 2.13. The van der Waals surface area contributed by atoms with E-state index >= 15 is 0 Å². The highest BCUT2D eigenvalue weighted by Crippen LogP contribution is 2.35. The molecule has 1 aromatic heterocycles. The van der Waals surface area contributed by atoms with Crippen molar-refractivity contribution in [3.8, 4) is 23.0 Å². The normalized spacial score (nSPS) is 10.8. The SMILES string of the molecule is COCCOc1cc2ncnc(Nc3ccc(Oc4cccc(Cl)c4)cc3)c2cc1OCCOC. The monoisotopic (exact) mass is 495 g/mol. The van der Waals surface area contributed by atoms with Crippen LogP contribution in [0.4, 0.5) is 11.5 Å². The third-order valence-electron chi connectivity index (χ3n) is 4.94. The van der Waals surface area contributed by atoms with E-state index in [-0.39, 0.29) is 0 Å². The van der Waals surface area contributed by atoms with Gasteiger partial charge in [-0.3, -0.25) is 0 Å². The molecule has 0 saturated heterocycles. The average Bonchev–Trinajstić information content (AvgIpc) is 2.86. The molecule has 8 nitrogen and oxygen atoms in total. The van der Waals surface area contributed by atoms with Crippen LogP contribution in [-0.2, 0) is 9.47 Å². The minimum absolute atomic E-state index is 0.382. The number of benzene rings is 3. The van der Waals surface area contributed by atoms with Crippen molar-refractivity contribution < 1.29 is 23.7 Å². The zero-order valence-electron chi connectivity index (χ0n) is 19.5. The Morgan fingerprint density at radius 1 is 0.771 bits per heavy atom. The van der Waals surface area contributed by atoms with E-state index < -0.39 is 0 Å².